The molecule has 0 aliphatic heterocycles. The lowest BCUT2D eigenvalue weighted by atomic mass is 10.1. The van der Waals surface area contributed by atoms with Gasteiger partial charge in [0, 0.05) is 22.5 Å². The molecule has 1 amide bonds. The second-order valence-electron chi connectivity index (χ2n) is 5.78. The van der Waals surface area contributed by atoms with E-state index in [2.05, 4.69) is 17.2 Å². The smallest absolute Gasteiger partial charge is 0.257 e. The summed E-state index contributed by atoms with van der Waals surface area (Å²) in [5.41, 5.74) is 3.93. The first kappa shape index (κ1) is 18.0. The fraction of sp³-hybridized carbons (Fsp3) is 0.143. The van der Waals surface area contributed by atoms with E-state index >= 15 is 0 Å². The Hall–Kier alpha value is -2.85. The molecule has 0 atom stereocenters. The third kappa shape index (κ3) is 4.03. The second kappa shape index (κ2) is 8.02. The van der Waals surface area contributed by atoms with Crippen molar-refractivity contribution in [2.45, 2.75) is 13.3 Å². The van der Waals surface area contributed by atoms with Gasteiger partial charge in [-0.05, 0) is 54.4 Å². The van der Waals surface area contributed by atoms with Gasteiger partial charge in [-0.15, -0.1) is 0 Å². The summed E-state index contributed by atoms with van der Waals surface area (Å²) in [6, 6.07) is 16.7. The second-order valence-corrected chi connectivity index (χ2v) is 6.22. The van der Waals surface area contributed by atoms with Gasteiger partial charge in [-0.1, -0.05) is 30.7 Å². The number of carbonyl (C=O) groups is 1. The van der Waals surface area contributed by atoms with Crippen molar-refractivity contribution in [3.63, 3.8) is 0 Å². The molecule has 132 valence electrons. The maximum absolute atomic E-state index is 12.4. The average Bonchev–Trinajstić information content (AvgIpc) is 2.68. The number of ether oxygens (including phenoxy) is 1. The van der Waals surface area contributed by atoms with Crippen LogP contribution >= 0.6 is 11.6 Å². The molecule has 1 aromatic heterocycles. The van der Waals surface area contributed by atoms with Crippen molar-refractivity contribution in [1.29, 1.82) is 0 Å². The third-order valence-electron chi connectivity index (χ3n) is 4.08. The molecular formula is C21H19ClN2O2. The Balaban J connectivity index is 1.78. The maximum Gasteiger partial charge on any atom is 0.257 e. The fourth-order valence-electron chi connectivity index (χ4n) is 2.59. The molecule has 0 fully saturated rings. The average molecular weight is 367 g/mol. The number of halogens is 1. The minimum absolute atomic E-state index is 0.202. The van der Waals surface area contributed by atoms with Gasteiger partial charge in [0.25, 0.3) is 5.91 Å². The van der Waals surface area contributed by atoms with Crippen LogP contribution in [0.4, 0.5) is 5.69 Å². The van der Waals surface area contributed by atoms with E-state index in [9.17, 15) is 4.79 Å². The highest BCUT2D eigenvalue weighted by Crippen LogP contribution is 2.31. The molecule has 0 aliphatic rings. The first-order valence-corrected chi connectivity index (χ1v) is 8.68. The summed E-state index contributed by atoms with van der Waals surface area (Å²) in [7, 11) is 1.60. The van der Waals surface area contributed by atoms with Crippen molar-refractivity contribution in [1.82, 2.24) is 4.98 Å². The minimum Gasteiger partial charge on any atom is -0.496 e. The van der Waals surface area contributed by atoms with Gasteiger partial charge in [0.05, 0.1) is 18.4 Å². The number of carbonyl (C=O) groups excluding carboxylic acids is 1. The highest BCUT2D eigenvalue weighted by molar-refractivity contribution is 6.31. The molecule has 5 heteroatoms. The summed E-state index contributed by atoms with van der Waals surface area (Å²) in [6.07, 6.45) is 2.51. The van der Waals surface area contributed by atoms with Crippen molar-refractivity contribution in [2.24, 2.45) is 0 Å². The van der Waals surface area contributed by atoms with Gasteiger partial charge in [0.1, 0.15) is 5.75 Å². The number of aryl methyl sites for hydroxylation is 1. The van der Waals surface area contributed by atoms with Crippen LogP contribution in [0.15, 0.2) is 60.8 Å². The molecular weight excluding hydrogens is 348 g/mol. The number of anilines is 1. The van der Waals surface area contributed by atoms with Crippen molar-refractivity contribution >= 4 is 23.2 Å². The van der Waals surface area contributed by atoms with E-state index < -0.39 is 0 Å². The zero-order chi connectivity index (χ0) is 18.5. The summed E-state index contributed by atoms with van der Waals surface area (Å²) < 4.78 is 5.35. The molecule has 1 heterocycles. The molecule has 3 aromatic rings. The Morgan fingerprint density at radius 3 is 2.50 bits per heavy atom. The van der Waals surface area contributed by atoms with Gasteiger partial charge >= 0.3 is 0 Å². The Morgan fingerprint density at radius 1 is 1.12 bits per heavy atom. The zero-order valence-corrected chi connectivity index (χ0v) is 15.4. The Labute approximate surface area is 157 Å². The molecule has 0 aliphatic carbocycles. The largest absolute Gasteiger partial charge is 0.496 e. The molecule has 2 aromatic carbocycles. The summed E-state index contributed by atoms with van der Waals surface area (Å²) >= 11 is 6.07. The monoisotopic (exact) mass is 366 g/mol. The van der Waals surface area contributed by atoms with Crippen molar-refractivity contribution in [3.05, 3.63) is 76.9 Å². The Morgan fingerprint density at radius 2 is 1.88 bits per heavy atom. The van der Waals surface area contributed by atoms with Crippen LogP contribution in [0.25, 0.3) is 11.3 Å². The lowest BCUT2D eigenvalue weighted by Gasteiger charge is -2.09. The van der Waals surface area contributed by atoms with Crippen LogP contribution in [-0.2, 0) is 6.42 Å². The van der Waals surface area contributed by atoms with Crippen molar-refractivity contribution in [3.8, 4) is 17.0 Å². The number of aromatic nitrogens is 1. The van der Waals surface area contributed by atoms with E-state index in [4.69, 9.17) is 16.3 Å². The highest BCUT2D eigenvalue weighted by atomic mass is 35.5. The van der Waals surface area contributed by atoms with Crippen LogP contribution in [0.2, 0.25) is 5.02 Å². The predicted molar refractivity (Wildman–Crippen MR) is 105 cm³/mol. The molecule has 3 rings (SSSR count). The van der Waals surface area contributed by atoms with Crippen LogP contribution < -0.4 is 10.1 Å². The lowest BCUT2D eigenvalue weighted by molar-refractivity contribution is 0.102. The van der Waals surface area contributed by atoms with Crippen LogP contribution in [-0.4, -0.2) is 18.0 Å². The van der Waals surface area contributed by atoms with Gasteiger partial charge in [0.15, 0.2) is 0 Å². The van der Waals surface area contributed by atoms with Crippen LogP contribution in [0.5, 0.6) is 5.75 Å². The van der Waals surface area contributed by atoms with E-state index in [0.717, 1.165) is 17.7 Å². The standard InChI is InChI=1S/C21H19ClN2O2/c1-3-14-4-8-17(9-5-14)24-21(25)15-6-10-19(23-13-15)18-12-16(22)7-11-20(18)26-2/h4-13H,3H2,1-2H3,(H,24,25). The maximum atomic E-state index is 12.4. The van der Waals surface area contributed by atoms with Gasteiger partial charge in [-0.2, -0.15) is 0 Å². The summed E-state index contributed by atoms with van der Waals surface area (Å²) in [4.78, 5) is 16.8. The van der Waals surface area contributed by atoms with E-state index in [1.54, 1.807) is 43.6 Å². The lowest BCUT2D eigenvalue weighted by Crippen LogP contribution is -2.12. The van der Waals surface area contributed by atoms with Crippen LogP contribution in [0.1, 0.15) is 22.8 Å². The van der Waals surface area contributed by atoms with Crippen LogP contribution in [0.3, 0.4) is 0 Å². The molecule has 0 bridgehead atoms. The van der Waals surface area contributed by atoms with E-state index in [0.29, 0.717) is 22.0 Å². The minimum atomic E-state index is -0.202. The molecule has 1 N–H and O–H groups in total. The summed E-state index contributed by atoms with van der Waals surface area (Å²) in [5.74, 6) is 0.474. The Bertz CT molecular complexity index is 906. The topological polar surface area (TPSA) is 51.2 Å². The van der Waals surface area contributed by atoms with Crippen molar-refractivity contribution < 1.29 is 9.53 Å². The number of benzene rings is 2. The SMILES string of the molecule is CCc1ccc(NC(=O)c2ccc(-c3cc(Cl)ccc3OC)nc2)cc1. The number of nitrogens with one attached hydrogen (secondary N) is 1. The number of hydrogen-bond acceptors (Lipinski definition) is 3. The molecule has 0 radical (unpaired) electrons. The first-order chi connectivity index (χ1) is 12.6. The normalized spacial score (nSPS) is 10.4. The number of pyridine rings is 1. The number of rotatable bonds is 5. The zero-order valence-electron chi connectivity index (χ0n) is 14.6. The van der Waals surface area contributed by atoms with Crippen molar-refractivity contribution in [2.75, 3.05) is 12.4 Å². The molecule has 26 heavy (non-hydrogen) atoms. The quantitative estimate of drug-likeness (QED) is 0.673. The summed E-state index contributed by atoms with van der Waals surface area (Å²) in [5, 5.41) is 3.47. The molecule has 0 saturated carbocycles. The number of nitrogens with zero attached hydrogens (tertiary/aromatic N) is 1. The van der Waals surface area contributed by atoms with Gasteiger partial charge in [-0.3, -0.25) is 9.78 Å². The molecule has 0 saturated heterocycles. The van der Waals surface area contributed by atoms with Gasteiger partial charge < -0.3 is 10.1 Å². The number of hydrogen-bond donors (Lipinski definition) is 1. The van der Waals surface area contributed by atoms with E-state index in [-0.39, 0.29) is 5.91 Å². The molecule has 4 nitrogen and oxygen atoms in total. The van der Waals surface area contributed by atoms with E-state index in [1.807, 2.05) is 24.3 Å². The predicted octanol–water partition coefficient (Wildman–Crippen LogP) is 5.23. The van der Waals surface area contributed by atoms with Crippen LogP contribution in [0, 0.1) is 0 Å². The number of amides is 1. The summed E-state index contributed by atoms with van der Waals surface area (Å²) in [6.45, 7) is 2.09. The Kier molecular flexibility index (Phi) is 5.54. The molecule has 0 spiro atoms. The molecule has 0 unspecified atom stereocenters. The van der Waals surface area contributed by atoms with Gasteiger partial charge in [0.2, 0.25) is 0 Å². The highest BCUT2D eigenvalue weighted by Gasteiger charge is 2.11. The van der Waals surface area contributed by atoms with E-state index in [1.165, 1.54) is 5.56 Å². The fourth-order valence-corrected chi connectivity index (χ4v) is 2.77. The third-order valence-corrected chi connectivity index (χ3v) is 4.32. The first-order valence-electron chi connectivity index (χ1n) is 8.31. The number of methoxy groups -OCH3 is 1. The van der Waals surface area contributed by atoms with Gasteiger partial charge in [-0.25, -0.2) is 0 Å².